The molecule has 0 fully saturated rings. The molecule has 0 amide bonds. The Balaban J connectivity index is 2.10. The molecule has 3 rings (SSSR count). The third-order valence-electron chi connectivity index (χ3n) is 4.23. The van der Waals surface area contributed by atoms with Crippen molar-refractivity contribution in [2.24, 2.45) is 0 Å². The Morgan fingerprint density at radius 1 is 0.900 bits per heavy atom. The highest BCUT2D eigenvalue weighted by Crippen LogP contribution is 2.47. The van der Waals surface area contributed by atoms with Crippen LogP contribution in [-0.4, -0.2) is 0 Å². The number of ether oxygens (including phenoxy) is 1. The highest BCUT2D eigenvalue weighted by molar-refractivity contribution is 5.81. The first-order valence-electron chi connectivity index (χ1n) is 7.34. The molecule has 0 saturated heterocycles. The van der Waals surface area contributed by atoms with Crippen LogP contribution < -0.4 is 0 Å². The molecule has 0 saturated carbocycles. The van der Waals surface area contributed by atoms with Crippen LogP contribution in [0, 0.1) is 0 Å². The summed E-state index contributed by atoms with van der Waals surface area (Å²) in [5.41, 5.74) is 3.59. The molecule has 1 nitrogen and oxygen atoms in total. The van der Waals surface area contributed by atoms with Gasteiger partial charge in [0.2, 0.25) is 0 Å². The summed E-state index contributed by atoms with van der Waals surface area (Å²) < 4.78 is 6.38. The molecule has 1 heteroatoms. The van der Waals surface area contributed by atoms with E-state index in [2.05, 4.69) is 68.5 Å². The normalized spacial score (nSPS) is 17.8. The van der Waals surface area contributed by atoms with Crippen molar-refractivity contribution in [2.75, 3.05) is 0 Å². The summed E-state index contributed by atoms with van der Waals surface area (Å²) >= 11 is 0. The van der Waals surface area contributed by atoms with Gasteiger partial charge in [0.15, 0.2) is 0 Å². The minimum atomic E-state index is -0.156. The molecule has 0 N–H and O–H groups in total. The highest BCUT2D eigenvalue weighted by atomic mass is 16.5. The fraction of sp³-hybridized carbons (Fsp3) is 0.263. The summed E-state index contributed by atoms with van der Waals surface area (Å²) in [7, 11) is 0. The van der Waals surface area contributed by atoms with E-state index in [0.29, 0.717) is 0 Å². The molecule has 1 aliphatic rings. The molecular formula is C19H20O. The average Bonchev–Trinajstić information content (AvgIpc) is 2.83. The minimum absolute atomic E-state index is 0.156. The molecule has 0 aromatic heterocycles. The van der Waals surface area contributed by atoms with Crippen LogP contribution >= 0.6 is 0 Å². The number of fused-ring (bicyclic) bond motifs is 1. The first-order chi connectivity index (χ1) is 9.79. The van der Waals surface area contributed by atoms with Gasteiger partial charge in [-0.1, -0.05) is 68.4 Å². The SMILES string of the molecule is CCC1(CC)O/C(=C\c2ccccc2)c2ccccc21. The van der Waals surface area contributed by atoms with E-state index in [4.69, 9.17) is 4.74 Å². The average molecular weight is 264 g/mol. The standard InChI is InChI=1S/C19H20O/c1-3-19(4-2)17-13-9-8-12-16(17)18(20-19)14-15-10-6-5-7-11-15/h5-14H,3-4H2,1-2H3/b18-14-. The Morgan fingerprint density at radius 2 is 1.55 bits per heavy atom. The lowest BCUT2D eigenvalue weighted by Gasteiger charge is -2.27. The maximum Gasteiger partial charge on any atom is 0.134 e. The van der Waals surface area contributed by atoms with Crippen molar-refractivity contribution in [1.82, 2.24) is 0 Å². The lowest BCUT2D eigenvalue weighted by molar-refractivity contribution is 0.0443. The second-order valence-corrected chi connectivity index (χ2v) is 5.27. The number of hydrogen-bond donors (Lipinski definition) is 0. The van der Waals surface area contributed by atoms with Gasteiger partial charge >= 0.3 is 0 Å². The van der Waals surface area contributed by atoms with Crippen molar-refractivity contribution in [3.05, 3.63) is 71.3 Å². The molecule has 2 aromatic rings. The molecule has 0 unspecified atom stereocenters. The molecule has 0 aliphatic carbocycles. The van der Waals surface area contributed by atoms with Crippen molar-refractivity contribution in [3.63, 3.8) is 0 Å². The van der Waals surface area contributed by atoms with Crippen LogP contribution in [0.2, 0.25) is 0 Å². The first-order valence-corrected chi connectivity index (χ1v) is 7.34. The van der Waals surface area contributed by atoms with Gasteiger partial charge in [-0.05, 0) is 24.5 Å². The Bertz CT molecular complexity index is 621. The van der Waals surface area contributed by atoms with Crippen LogP contribution in [-0.2, 0) is 10.3 Å². The lowest BCUT2D eigenvalue weighted by atomic mass is 9.87. The van der Waals surface area contributed by atoms with E-state index in [1.165, 1.54) is 16.7 Å². The second-order valence-electron chi connectivity index (χ2n) is 5.27. The summed E-state index contributed by atoms with van der Waals surface area (Å²) in [6.07, 6.45) is 4.13. The smallest absolute Gasteiger partial charge is 0.134 e. The number of rotatable bonds is 3. The van der Waals surface area contributed by atoms with E-state index in [1.54, 1.807) is 0 Å². The van der Waals surface area contributed by atoms with Gasteiger partial charge in [0.05, 0.1) is 0 Å². The van der Waals surface area contributed by atoms with E-state index < -0.39 is 0 Å². The van der Waals surface area contributed by atoms with Gasteiger partial charge < -0.3 is 4.74 Å². The summed E-state index contributed by atoms with van der Waals surface area (Å²) in [5.74, 6) is 0.996. The molecule has 0 radical (unpaired) electrons. The van der Waals surface area contributed by atoms with Crippen LogP contribution in [0.5, 0.6) is 0 Å². The highest BCUT2D eigenvalue weighted by Gasteiger charge is 2.40. The van der Waals surface area contributed by atoms with Crippen molar-refractivity contribution in [3.8, 4) is 0 Å². The maximum absolute atomic E-state index is 6.38. The van der Waals surface area contributed by atoms with E-state index in [1.807, 2.05) is 6.07 Å². The summed E-state index contributed by atoms with van der Waals surface area (Å²) in [4.78, 5) is 0. The zero-order valence-electron chi connectivity index (χ0n) is 12.1. The zero-order valence-corrected chi connectivity index (χ0v) is 12.1. The van der Waals surface area contributed by atoms with Gasteiger partial charge in [-0.25, -0.2) is 0 Å². The molecular weight excluding hydrogens is 244 g/mol. The van der Waals surface area contributed by atoms with Gasteiger partial charge in [0.25, 0.3) is 0 Å². The van der Waals surface area contributed by atoms with E-state index in [9.17, 15) is 0 Å². The van der Waals surface area contributed by atoms with E-state index >= 15 is 0 Å². The number of hydrogen-bond acceptors (Lipinski definition) is 1. The van der Waals surface area contributed by atoms with Crippen molar-refractivity contribution in [2.45, 2.75) is 32.3 Å². The lowest BCUT2D eigenvalue weighted by Crippen LogP contribution is -2.22. The van der Waals surface area contributed by atoms with E-state index in [-0.39, 0.29) is 5.60 Å². The molecule has 20 heavy (non-hydrogen) atoms. The monoisotopic (exact) mass is 264 g/mol. The van der Waals surface area contributed by atoms with Crippen LogP contribution in [0.15, 0.2) is 54.6 Å². The number of benzene rings is 2. The molecule has 1 aliphatic heterocycles. The molecule has 0 bridgehead atoms. The van der Waals surface area contributed by atoms with E-state index in [0.717, 1.165) is 18.6 Å². The quantitative estimate of drug-likeness (QED) is 0.737. The third kappa shape index (κ3) is 2.03. The Labute approximate surface area is 120 Å². The second kappa shape index (κ2) is 5.16. The largest absolute Gasteiger partial charge is 0.482 e. The van der Waals surface area contributed by atoms with Crippen molar-refractivity contribution >= 4 is 11.8 Å². The predicted octanol–water partition coefficient (Wildman–Crippen LogP) is 5.23. The molecule has 0 spiro atoms. The van der Waals surface area contributed by atoms with Crippen LogP contribution in [0.4, 0.5) is 0 Å². The third-order valence-corrected chi connectivity index (χ3v) is 4.23. The Morgan fingerprint density at radius 3 is 2.25 bits per heavy atom. The van der Waals surface area contributed by atoms with Crippen LogP contribution in [0.1, 0.15) is 43.4 Å². The molecule has 0 atom stereocenters. The van der Waals surface area contributed by atoms with Gasteiger partial charge in [0, 0.05) is 11.1 Å². The van der Waals surface area contributed by atoms with Crippen LogP contribution in [0.25, 0.3) is 11.8 Å². The van der Waals surface area contributed by atoms with Crippen molar-refractivity contribution < 1.29 is 4.74 Å². The zero-order chi connectivity index (χ0) is 14.0. The summed E-state index contributed by atoms with van der Waals surface area (Å²) in [5, 5.41) is 0. The fourth-order valence-corrected chi connectivity index (χ4v) is 3.00. The van der Waals surface area contributed by atoms with Crippen molar-refractivity contribution in [1.29, 1.82) is 0 Å². The molecule has 102 valence electrons. The van der Waals surface area contributed by atoms with Gasteiger partial charge in [-0.3, -0.25) is 0 Å². The summed E-state index contributed by atoms with van der Waals surface area (Å²) in [6, 6.07) is 18.9. The first kappa shape index (κ1) is 13.0. The fourth-order valence-electron chi connectivity index (χ4n) is 3.00. The molecule has 1 heterocycles. The predicted molar refractivity (Wildman–Crippen MR) is 84.1 cm³/mol. The summed E-state index contributed by atoms with van der Waals surface area (Å²) in [6.45, 7) is 4.40. The Kier molecular flexibility index (Phi) is 3.35. The maximum atomic E-state index is 6.38. The molecule has 2 aromatic carbocycles. The van der Waals surface area contributed by atoms with Gasteiger partial charge in [-0.15, -0.1) is 0 Å². The van der Waals surface area contributed by atoms with Gasteiger partial charge in [0.1, 0.15) is 11.4 Å². The van der Waals surface area contributed by atoms with Gasteiger partial charge in [-0.2, -0.15) is 0 Å². The minimum Gasteiger partial charge on any atom is -0.482 e. The topological polar surface area (TPSA) is 9.23 Å². The Hall–Kier alpha value is -2.02. The van der Waals surface area contributed by atoms with Crippen LogP contribution in [0.3, 0.4) is 0 Å².